The Kier molecular flexibility index (Phi) is 4.41. The zero-order chi connectivity index (χ0) is 18.3. The molecule has 0 saturated heterocycles. The third-order valence-electron chi connectivity index (χ3n) is 4.65. The topological polar surface area (TPSA) is 48.4 Å². The van der Waals surface area contributed by atoms with Crippen LogP contribution in [0.25, 0.3) is 10.1 Å². The fraction of sp³-hybridized carbons (Fsp3) is 0.333. The monoisotopic (exact) mass is 367 g/mol. The first-order valence-electron chi connectivity index (χ1n) is 8.80. The Hall–Kier alpha value is -2.40. The Morgan fingerprint density at radius 2 is 2.08 bits per heavy atom. The van der Waals surface area contributed by atoms with Crippen molar-refractivity contribution in [3.05, 3.63) is 52.2 Å². The molecule has 4 rings (SSSR count). The average Bonchev–Trinajstić information content (AvgIpc) is 3.36. The summed E-state index contributed by atoms with van der Waals surface area (Å²) >= 11 is 1.59. The fourth-order valence-electron chi connectivity index (χ4n) is 3.20. The van der Waals surface area contributed by atoms with E-state index in [2.05, 4.69) is 17.1 Å². The van der Waals surface area contributed by atoms with E-state index in [1.807, 2.05) is 31.4 Å². The third-order valence-corrected chi connectivity index (χ3v) is 5.55. The molecule has 2 heterocycles. The molecule has 1 aliphatic carbocycles. The van der Waals surface area contributed by atoms with E-state index in [1.165, 1.54) is 25.3 Å². The summed E-state index contributed by atoms with van der Waals surface area (Å²) in [6.07, 6.45) is 2.35. The third kappa shape index (κ3) is 3.44. The molecule has 0 amide bonds. The maximum atomic E-state index is 11.4. The first kappa shape index (κ1) is 17.0. The van der Waals surface area contributed by atoms with Crippen molar-refractivity contribution in [2.75, 3.05) is 0 Å². The second kappa shape index (κ2) is 6.72. The second-order valence-corrected chi connectivity index (χ2v) is 7.75. The number of esters is 1. The van der Waals surface area contributed by atoms with Crippen LogP contribution in [0.4, 0.5) is 0 Å². The predicted molar refractivity (Wildman–Crippen MR) is 103 cm³/mol. The average molecular weight is 367 g/mol. The highest BCUT2D eigenvalue weighted by molar-refractivity contribution is 7.17. The van der Waals surface area contributed by atoms with Gasteiger partial charge < -0.3 is 9.47 Å². The lowest BCUT2D eigenvalue weighted by Gasteiger charge is -2.12. The van der Waals surface area contributed by atoms with Gasteiger partial charge in [-0.15, -0.1) is 11.3 Å². The van der Waals surface area contributed by atoms with Crippen molar-refractivity contribution in [3.8, 4) is 11.5 Å². The number of benzene rings is 1. The molecule has 1 saturated carbocycles. The van der Waals surface area contributed by atoms with Gasteiger partial charge in [0.15, 0.2) is 0 Å². The minimum absolute atomic E-state index is 0.283. The molecule has 0 unspecified atom stereocenters. The van der Waals surface area contributed by atoms with Crippen molar-refractivity contribution in [3.63, 3.8) is 0 Å². The van der Waals surface area contributed by atoms with Crippen LogP contribution in [0.1, 0.15) is 48.2 Å². The number of rotatable bonds is 5. The first-order valence-corrected chi connectivity index (χ1v) is 9.68. The van der Waals surface area contributed by atoms with Crippen LogP contribution in [0.2, 0.25) is 0 Å². The maximum absolute atomic E-state index is 11.4. The van der Waals surface area contributed by atoms with E-state index in [1.54, 1.807) is 11.3 Å². The molecule has 1 aromatic carbocycles. The van der Waals surface area contributed by atoms with Crippen LogP contribution >= 0.6 is 11.3 Å². The number of hydrogen-bond acceptors (Lipinski definition) is 5. The molecular formula is C21H21NO3S. The number of pyridine rings is 1. The highest BCUT2D eigenvalue weighted by Gasteiger charge is 2.28. The van der Waals surface area contributed by atoms with Gasteiger partial charge >= 0.3 is 5.97 Å². The van der Waals surface area contributed by atoms with Gasteiger partial charge in [0.2, 0.25) is 0 Å². The summed E-state index contributed by atoms with van der Waals surface area (Å²) in [6.45, 7) is 5.94. The molecular weight excluding hydrogens is 346 g/mol. The van der Waals surface area contributed by atoms with E-state index < -0.39 is 0 Å². The minimum atomic E-state index is -0.283. The van der Waals surface area contributed by atoms with Crippen LogP contribution in [0, 0.1) is 13.8 Å². The maximum Gasteiger partial charge on any atom is 0.308 e. The summed E-state index contributed by atoms with van der Waals surface area (Å²) in [7, 11) is 0. The van der Waals surface area contributed by atoms with Gasteiger partial charge in [0, 0.05) is 39.3 Å². The molecule has 5 heteroatoms. The zero-order valence-electron chi connectivity index (χ0n) is 15.2. The summed E-state index contributed by atoms with van der Waals surface area (Å²) in [5, 5.41) is 2.98. The molecule has 1 aliphatic rings. The molecule has 0 spiro atoms. The van der Waals surface area contributed by atoms with E-state index in [4.69, 9.17) is 9.47 Å². The highest BCUT2D eigenvalue weighted by Crippen LogP contribution is 2.48. The predicted octanol–water partition coefficient (Wildman–Crippen LogP) is 5.29. The zero-order valence-corrected chi connectivity index (χ0v) is 16.0. The van der Waals surface area contributed by atoms with Crippen molar-refractivity contribution in [1.82, 2.24) is 4.98 Å². The van der Waals surface area contributed by atoms with Gasteiger partial charge in [0.1, 0.15) is 18.1 Å². The number of ether oxygens (including phenoxy) is 2. The minimum Gasteiger partial charge on any atom is -0.489 e. The van der Waals surface area contributed by atoms with E-state index in [9.17, 15) is 4.79 Å². The molecule has 26 heavy (non-hydrogen) atoms. The number of hydrogen-bond donors (Lipinski definition) is 0. The van der Waals surface area contributed by atoms with Crippen molar-refractivity contribution in [1.29, 1.82) is 0 Å². The van der Waals surface area contributed by atoms with Gasteiger partial charge in [-0.25, -0.2) is 0 Å². The Labute approximate surface area is 156 Å². The van der Waals surface area contributed by atoms with E-state index in [0.717, 1.165) is 32.8 Å². The van der Waals surface area contributed by atoms with Crippen molar-refractivity contribution in [2.45, 2.75) is 46.1 Å². The van der Waals surface area contributed by atoms with E-state index in [0.29, 0.717) is 18.3 Å². The normalized spacial score (nSPS) is 13.8. The number of nitrogens with zero attached hydrogens (tertiary/aromatic N) is 1. The van der Waals surface area contributed by atoms with Crippen LogP contribution in [-0.2, 0) is 11.4 Å². The molecule has 134 valence electrons. The lowest BCUT2D eigenvalue weighted by molar-refractivity contribution is -0.131. The van der Waals surface area contributed by atoms with Crippen molar-refractivity contribution < 1.29 is 14.3 Å². The summed E-state index contributed by atoms with van der Waals surface area (Å²) in [4.78, 5) is 15.9. The highest BCUT2D eigenvalue weighted by atomic mass is 32.1. The molecule has 2 aromatic heterocycles. The van der Waals surface area contributed by atoms with Gasteiger partial charge in [-0.2, -0.15) is 0 Å². The fourth-order valence-corrected chi connectivity index (χ4v) is 4.12. The molecule has 4 nitrogen and oxygen atoms in total. The lowest BCUT2D eigenvalue weighted by Crippen LogP contribution is -2.02. The molecule has 0 radical (unpaired) electrons. The smallest absolute Gasteiger partial charge is 0.308 e. The summed E-state index contributed by atoms with van der Waals surface area (Å²) < 4.78 is 12.6. The van der Waals surface area contributed by atoms with Crippen LogP contribution in [0.3, 0.4) is 0 Å². The molecule has 0 atom stereocenters. The Morgan fingerprint density at radius 3 is 2.77 bits per heavy atom. The van der Waals surface area contributed by atoms with Crippen LogP contribution < -0.4 is 9.47 Å². The van der Waals surface area contributed by atoms with E-state index in [-0.39, 0.29) is 5.97 Å². The quantitative estimate of drug-likeness (QED) is 0.575. The van der Waals surface area contributed by atoms with Gasteiger partial charge in [-0.3, -0.25) is 9.78 Å². The van der Waals surface area contributed by atoms with Crippen LogP contribution in [0.5, 0.6) is 11.5 Å². The van der Waals surface area contributed by atoms with Crippen LogP contribution in [0.15, 0.2) is 29.6 Å². The number of thiophene rings is 1. The molecule has 0 bridgehead atoms. The van der Waals surface area contributed by atoms with Crippen LogP contribution in [-0.4, -0.2) is 11.0 Å². The van der Waals surface area contributed by atoms with Crippen molar-refractivity contribution in [2.24, 2.45) is 0 Å². The standard InChI is InChI=1S/C21H21NO3S/c1-12-4-5-16(13(2)22-12)10-24-17-8-18(15-6-7-15)21-19(25-14(3)23)11-26-20(21)9-17/h4-5,8-9,11,15H,6-7,10H2,1-3H3. The molecule has 1 fully saturated rings. The Bertz CT molecular complexity index is 988. The summed E-state index contributed by atoms with van der Waals surface area (Å²) in [5.41, 5.74) is 4.34. The number of fused-ring (bicyclic) bond motifs is 1. The number of carbonyl (C=O) groups is 1. The van der Waals surface area contributed by atoms with Gasteiger partial charge in [0.25, 0.3) is 0 Å². The SMILES string of the molecule is CC(=O)Oc1csc2cc(OCc3ccc(C)nc3C)cc(C3CC3)c12. The van der Waals surface area contributed by atoms with Gasteiger partial charge in [-0.1, -0.05) is 6.07 Å². The van der Waals surface area contributed by atoms with Gasteiger partial charge in [-0.05, 0) is 56.4 Å². The Morgan fingerprint density at radius 1 is 1.27 bits per heavy atom. The van der Waals surface area contributed by atoms with Gasteiger partial charge in [0.05, 0.1) is 0 Å². The molecule has 3 aromatic rings. The van der Waals surface area contributed by atoms with E-state index >= 15 is 0 Å². The largest absolute Gasteiger partial charge is 0.489 e. The number of carbonyl (C=O) groups excluding carboxylic acids is 1. The molecule has 0 N–H and O–H groups in total. The number of aromatic nitrogens is 1. The molecule has 0 aliphatic heterocycles. The second-order valence-electron chi connectivity index (χ2n) is 6.84. The van der Waals surface area contributed by atoms with Crippen molar-refractivity contribution >= 4 is 27.4 Å². The Balaban J connectivity index is 1.65. The summed E-state index contributed by atoms with van der Waals surface area (Å²) in [5.74, 6) is 1.78. The lowest BCUT2D eigenvalue weighted by atomic mass is 10.1. The first-order chi connectivity index (χ1) is 12.5. The number of aryl methyl sites for hydroxylation is 2. The summed E-state index contributed by atoms with van der Waals surface area (Å²) in [6, 6.07) is 8.23.